The Hall–Kier alpha value is -6.63. The molecule has 22 nitrogen and oxygen atoms in total. The summed E-state index contributed by atoms with van der Waals surface area (Å²) in [7, 11) is -7.26. The van der Waals surface area contributed by atoms with Crippen LogP contribution in [0, 0.1) is 0 Å². The van der Waals surface area contributed by atoms with E-state index in [4.69, 9.17) is 38.6 Å². The summed E-state index contributed by atoms with van der Waals surface area (Å²) in [6.45, 7) is 4.93. The van der Waals surface area contributed by atoms with Crippen molar-refractivity contribution in [2.75, 3.05) is 95.0 Å². The van der Waals surface area contributed by atoms with E-state index in [1.165, 1.54) is 12.5 Å². The van der Waals surface area contributed by atoms with Crippen molar-refractivity contribution in [1.82, 2.24) is 34.9 Å². The van der Waals surface area contributed by atoms with Gasteiger partial charge in [-0.1, -0.05) is 0 Å². The van der Waals surface area contributed by atoms with Gasteiger partial charge in [0.25, 0.3) is 0 Å². The first-order chi connectivity index (χ1) is 34.8. The predicted molar refractivity (Wildman–Crippen MR) is 273 cm³/mol. The van der Waals surface area contributed by atoms with Crippen molar-refractivity contribution in [2.24, 2.45) is 0 Å². The van der Waals surface area contributed by atoms with Crippen LogP contribution in [0.5, 0.6) is 17.5 Å². The lowest BCUT2D eigenvalue weighted by Gasteiger charge is -2.31. The molecule has 10 rings (SSSR count). The smallest absolute Gasteiger partial charge is 0.229 e. The molecule has 0 radical (unpaired) electrons. The van der Waals surface area contributed by atoms with Crippen LogP contribution in [-0.4, -0.2) is 141 Å². The largest absolute Gasteiger partial charge is 0.486 e. The van der Waals surface area contributed by atoms with Gasteiger partial charge in [0.05, 0.1) is 96.4 Å². The van der Waals surface area contributed by atoms with Gasteiger partial charge in [0.1, 0.15) is 54.0 Å². The molecule has 2 saturated heterocycles. The molecule has 2 aliphatic carbocycles. The molecule has 0 unspecified atom stereocenters. The van der Waals surface area contributed by atoms with E-state index in [2.05, 4.69) is 49.8 Å². The first kappa shape index (κ1) is 49.0. The van der Waals surface area contributed by atoms with Crippen LogP contribution in [0.25, 0.3) is 21.8 Å². The number of rotatable bonds is 17. The van der Waals surface area contributed by atoms with Gasteiger partial charge >= 0.3 is 0 Å². The molecule has 0 amide bonds. The van der Waals surface area contributed by atoms with Gasteiger partial charge in [0, 0.05) is 62.7 Å². The number of nitrogens with zero attached hydrogens (tertiary/aromatic N) is 9. The normalized spacial score (nSPS) is 21.0. The Morgan fingerprint density at radius 1 is 0.625 bits per heavy atom. The Kier molecular flexibility index (Phi) is 14.7. The third-order valence-electron chi connectivity index (χ3n) is 13.0. The van der Waals surface area contributed by atoms with Gasteiger partial charge in [-0.25, -0.2) is 31.8 Å². The monoisotopic (exact) mass is 1030 g/mol. The number of nitrogens with one attached hydrogen (secondary N) is 4. The maximum atomic E-state index is 12.8. The van der Waals surface area contributed by atoms with E-state index >= 15 is 0 Å². The van der Waals surface area contributed by atoms with Crippen LogP contribution in [0.15, 0.2) is 67.5 Å². The lowest BCUT2D eigenvalue weighted by atomic mass is 9.93. The van der Waals surface area contributed by atoms with Crippen LogP contribution in [0.1, 0.15) is 57.1 Å². The van der Waals surface area contributed by atoms with Gasteiger partial charge < -0.3 is 44.1 Å². The summed E-state index contributed by atoms with van der Waals surface area (Å²) in [6, 6.07) is 11.3. The van der Waals surface area contributed by atoms with Crippen LogP contribution < -0.4 is 44.1 Å². The SMILES string of the molecule is CS(=O)(=O)Nc1cnc2cc(N3CCOCC3)nc(OC3CCC(Nc4cncc(OCc5nc6cc(N7CCOCC7)nc(OC7CCC(Nc8ccncn8)CC7)c6cc5NS(C)(=O)=O)c4)CC3)c2c1. The molecule has 0 spiro atoms. The van der Waals surface area contributed by atoms with Gasteiger partial charge in [-0.15, -0.1) is 0 Å². The number of hydrogen-bond donors (Lipinski definition) is 4. The molecule has 24 heteroatoms. The zero-order valence-electron chi connectivity index (χ0n) is 40.2. The minimum absolute atomic E-state index is 0.0626. The van der Waals surface area contributed by atoms with Crippen LogP contribution in [0.4, 0.5) is 34.5 Å². The summed E-state index contributed by atoms with van der Waals surface area (Å²) in [4.78, 5) is 36.6. The Morgan fingerprint density at radius 3 is 1.82 bits per heavy atom. The van der Waals surface area contributed by atoms with Gasteiger partial charge in [-0.3, -0.25) is 19.4 Å². The molecule has 8 heterocycles. The molecule has 72 heavy (non-hydrogen) atoms. The van der Waals surface area contributed by atoms with Crippen LogP contribution in [0.3, 0.4) is 0 Å². The maximum Gasteiger partial charge on any atom is 0.229 e. The third-order valence-corrected chi connectivity index (χ3v) is 14.2. The Bertz CT molecular complexity index is 3080. The zero-order valence-corrected chi connectivity index (χ0v) is 41.8. The van der Waals surface area contributed by atoms with E-state index in [-0.39, 0.29) is 36.6 Å². The molecule has 0 bridgehead atoms. The second-order valence-corrected chi connectivity index (χ2v) is 22.1. The van der Waals surface area contributed by atoms with E-state index in [1.807, 2.05) is 24.3 Å². The molecular weight excluding hydrogens is 967 g/mol. The molecule has 4 N–H and O–H groups in total. The zero-order chi connectivity index (χ0) is 49.7. The number of morpholine rings is 2. The number of ether oxygens (including phenoxy) is 5. The second-order valence-electron chi connectivity index (χ2n) is 18.6. The highest BCUT2D eigenvalue weighted by atomic mass is 32.2. The standard InChI is InChI=1S/C48H59N13O9S2/c1-71(62,63)58-34-22-38-40(51-27-34)24-45(60-13-17-66-18-14-60)56-47(38)69-35-7-3-31(4-8-35)53-33-21-37(28-50-26-33)68-29-43-42(59-72(2,64)65)23-39-41(55-43)25-46(61-15-19-67-20-16-61)57-48(39)70-36-9-5-32(6-10-36)54-44-11-12-49-30-52-44/h11-12,21-28,30-32,35-36,53,58-59H,3-10,13-20,29H2,1-2H3,(H,49,52,54). The van der Waals surface area contributed by atoms with Crippen LogP contribution in [-0.2, 0) is 36.1 Å². The predicted octanol–water partition coefficient (Wildman–Crippen LogP) is 5.36. The van der Waals surface area contributed by atoms with E-state index < -0.39 is 20.0 Å². The highest BCUT2D eigenvalue weighted by molar-refractivity contribution is 7.92. The number of hydrogen-bond acceptors (Lipinski definition) is 20. The Morgan fingerprint density at radius 2 is 1.22 bits per heavy atom. The van der Waals surface area contributed by atoms with Crippen LogP contribution in [0.2, 0.25) is 0 Å². The molecule has 382 valence electrons. The molecule has 0 atom stereocenters. The van der Waals surface area contributed by atoms with Gasteiger partial charge in [0.15, 0.2) is 0 Å². The summed E-state index contributed by atoms with van der Waals surface area (Å²) in [5.74, 6) is 3.49. The van der Waals surface area contributed by atoms with Crippen molar-refractivity contribution in [1.29, 1.82) is 0 Å². The highest BCUT2D eigenvalue weighted by Gasteiger charge is 2.28. The molecule has 4 fully saturated rings. The summed E-state index contributed by atoms with van der Waals surface area (Å²) < 4.78 is 85.7. The average Bonchev–Trinajstić information content (AvgIpc) is 3.37. The fraction of sp³-hybridized carbons (Fsp3) is 0.479. The van der Waals surface area contributed by atoms with E-state index in [9.17, 15) is 16.8 Å². The fourth-order valence-corrected chi connectivity index (χ4v) is 10.6. The number of anilines is 6. The van der Waals surface area contributed by atoms with Gasteiger partial charge in [-0.05, 0) is 69.6 Å². The lowest BCUT2D eigenvalue weighted by molar-refractivity contribution is 0.122. The van der Waals surface area contributed by atoms with Crippen LogP contribution >= 0.6 is 0 Å². The number of sulfonamides is 2. The summed E-state index contributed by atoms with van der Waals surface area (Å²) in [5, 5.41) is 8.31. The number of aromatic nitrogens is 7. The van der Waals surface area contributed by atoms with Crippen molar-refractivity contribution in [3.05, 3.63) is 73.2 Å². The molecule has 4 aliphatic rings. The number of fused-ring (bicyclic) bond motifs is 2. The van der Waals surface area contributed by atoms with Gasteiger partial charge in [0.2, 0.25) is 31.8 Å². The molecule has 6 aromatic heterocycles. The number of pyridine rings is 5. The molecule has 6 aromatic rings. The van der Waals surface area contributed by atoms with Crippen molar-refractivity contribution in [3.8, 4) is 17.5 Å². The third kappa shape index (κ3) is 12.7. The van der Waals surface area contributed by atoms with Crippen molar-refractivity contribution >= 4 is 76.4 Å². The first-order valence-corrected chi connectivity index (χ1v) is 28.1. The minimum atomic E-state index is -3.73. The highest BCUT2D eigenvalue weighted by Crippen LogP contribution is 2.36. The molecule has 2 saturated carbocycles. The summed E-state index contributed by atoms with van der Waals surface area (Å²) >= 11 is 0. The van der Waals surface area contributed by atoms with Crippen molar-refractivity contribution < 1.29 is 40.5 Å². The van der Waals surface area contributed by atoms with Gasteiger partial charge in [-0.2, -0.15) is 9.97 Å². The second kappa shape index (κ2) is 21.6. The maximum absolute atomic E-state index is 12.8. The summed E-state index contributed by atoms with van der Waals surface area (Å²) in [6.07, 6.45) is 16.4. The molecule has 0 aromatic carbocycles. The molecular formula is C48H59N13O9S2. The Labute approximate surface area is 418 Å². The Balaban J connectivity index is 0.819. The summed E-state index contributed by atoms with van der Waals surface area (Å²) in [5.41, 5.74) is 2.97. The van der Waals surface area contributed by atoms with Crippen molar-refractivity contribution in [2.45, 2.75) is 82.3 Å². The van der Waals surface area contributed by atoms with Crippen molar-refractivity contribution in [3.63, 3.8) is 0 Å². The fourth-order valence-electron chi connectivity index (χ4n) is 9.52. The topological polar surface area (TPSA) is 259 Å². The minimum Gasteiger partial charge on any atom is -0.486 e. The average molecular weight is 1030 g/mol. The molecule has 2 aliphatic heterocycles. The van der Waals surface area contributed by atoms with E-state index in [1.54, 1.807) is 30.7 Å². The van der Waals surface area contributed by atoms with E-state index in [0.717, 1.165) is 81.2 Å². The first-order valence-electron chi connectivity index (χ1n) is 24.3. The van der Waals surface area contributed by atoms with E-state index in [0.29, 0.717) is 109 Å². The quantitative estimate of drug-likeness (QED) is 0.0897. The lowest BCUT2D eigenvalue weighted by Crippen LogP contribution is -2.37.